The number of thiocarbonyl (C=S) groups is 1. The molecule has 1 unspecified atom stereocenters. The van der Waals surface area contributed by atoms with Crippen molar-refractivity contribution in [1.82, 2.24) is 15.3 Å². The Kier molecular flexibility index (Phi) is 15.4. The Bertz CT molecular complexity index is 383. The molecule has 0 radical (unpaired) electrons. The third-order valence-corrected chi connectivity index (χ3v) is 5.89. The lowest BCUT2D eigenvalue weighted by Crippen LogP contribution is -2.33. The number of hydrogen-bond acceptors (Lipinski definition) is 4. The minimum atomic E-state index is -1.10. The monoisotopic (exact) mass is 390 g/mol. The summed E-state index contributed by atoms with van der Waals surface area (Å²) in [5.74, 6) is 0. The van der Waals surface area contributed by atoms with E-state index in [4.69, 9.17) is 27.8 Å². The SMILES string of the molecule is [C-]#[N+]CCOP(OCCCCCCNC(=S)NC)N(C(C)C)C(C)C. The largest absolute Gasteiger partial charge is 0.366 e. The van der Waals surface area contributed by atoms with E-state index in [2.05, 4.69) is 47.8 Å². The molecule has 0 amide bonds. The van der Waals surface area contributed by atoms with Gasteiger partial charge in [-0.3, -0.25) is 0 Å². The van der Waals surface area contributed by atoms with Gasteiger partial charge in [0.05, 0.1) is 6.61 Å². The van der Waals surface area contributed by atoms with E-state index in [1.807, 2.05) is 7.05 Å². The fourth-order valence-corrected chi connectivity index (χ4v) is 4.04. The smallest absolute Gasteiger partial charge is 0.259 e. The van der Waals surface area contributed by atoms with Crippen LogP contribution in [0.4, 0.5) is 0 Å². The van der Waals surface area contributed by atoms with Gasteiger partial charge >= 0.3 is 0 Å². The summed E-state index contributed by atoms with van der Waals surface area (Å²) in [6.45, 7) is 17.9. The van der Waals surface area contributed by atoms with Crippen LogP contribution in [0.25, 0.3) is 4.85 Å². The molecule has 0 spiro atoms. The van der Waals surface area contributed by atoms with Crippen molar-refractivity contribution < 1.29 is 9.05 Å². The summed E-state index contributed by atoms with van der Waals surface area (Å²) in [4.78, 5) is 3.36. The second kappa shape index (κ2) is 15.7. The summed E-state index contributed by atoms with van der Waals surface area (Å²) < 4.78 is 14.2. The molecular formula is C17H35N4O2PS. The number of nitrogens with zero attached hydrogens (tertiary/aromatic N) is 2. The van der Waals surface area contributed by atoms with E-state index in [0.29, 0.717) is 37.0 Å². The third kappa shape index (κ3) is 12.5. The van der Waals surface area contributed by atoms with Crippen molar-refractivity contribution in [3.8, 4) is 0 Å². The maximum atomic E-state index is 6.89. The molecule has 0 aromatic heterocycles. The van der Waals surface area contributed by atoms with Crippen LogP contribution in [-0.4, -0.2) is 55.2 Å². The third-order valence-electron chi connectivity index (χ3n) is 3.44. The zero-order chi connectivity index (χ0) is 19.1. The molecule has 0 heterocycles. The highest BCUT2D eigenvalue weighted by Crippen LogP contribution is 2.45. The van der Waals surface area contributed by atoms with Gasteiger partial charge in [-0.2, -0.15) is 0 Å². The van der Waals surface area contributed by atoms with Crippen molar-refractivity contribution in [3.05, 3.63) is 11.4 Å². The van der Waals surface area contributed by atoms with E-state index in [-0.39, 0.29) is 0 Å². The second-order valence-electron chi connectivity index (χ2n) is 6.27. The molecule has 0 rings (SSSR count). The average molecular weight is 391 g/mol. The first-order chi connectivity index (χ1) is 11.9. The minimum Gasteiger partial charge on any atom is -0.366 e. The van der Waals surface area contributed by atoms with Gasteiger partial charge in [0.2, 0.25) is 6.54 Å². The molecule has 6 nitrogen and oxygen atoms in total. The van der Waals surface area contributed by atoms with Crippen LogP contribution >= 0.6 is 20.7 Å². The first-order valence-electron chi connectivity index (χ1n) is 9.07. The normalized spacial score (nSPS) is 12.4. The molecule has 0 saturated heterocycles. The van der Waals surface area contributed by atoms with Crippen LogP contribution in [0.15, 0.2) is 0 Å². The number of nitrogens with one attached hydrogen (secondary N) is 2. The first kappa shape index (κ1) is 24.5. The molecule has 1 atom stereocenters. The number of unbranched alkanes of at least 4 members (excludes halogenated alkanes) is 3. The number of rotatable bonds is 14. The Morgan fingerprint density at radius 2 is 1.68 bits per heavy atom. The molecule has 146 valence electrons. The molecule has 0 aliphatic rings. The van der Waals surface area contributed by atoms with Crippen LogP contribution in [-0.2, 0) is 9.05 Å². The summed E-state index contributed by atoms with van der Waals surface area (Å²) in [6.07, 6.45) is 4.40. The topological polar surface area (TPSA) is 50.1 Å². The molecule has 25 heavy (non-hydrogen) atoms. The molecule has 8 heteroatoms. The highest BCUT2D eigenvalue weighted by Gasteiger charge is 2.27. The Labute approximate surface area is 160 Å². The van der Waals surface area contributed by atoms with Crippen molar-refractivity contribution >= 4 is 25.9 Å². The maximum absolute atomic E-state index is 6.89. The lowest BCUT2D eigenvalue weighted by Gasteiger charge is -2.35. The molecule has 0 aliphatic carbocycles. The summed E-state index contributed by atoms with van der Waals surface area (Å²) in [6, 6.07) is 0.697. The Morgan fingerprint density at radius 3 is 2.24 bits per heavy atom. The zero-order valence-electron chi connectivity index (χ0n) is 16.4. The van der Waals surface area contributed by atoms with Crippen LogP contribution < -0.4 is 10.6 Å². The van der Waals surface area contributed by atoms with Crippen molar-refractivity contribution in [2.24, 2.45) is 0 Å². The lowest BCUT2D eigenvalue weighted by atomic mass is 10.2. The standard InChI is InChI=1S/C17H35N4O2PS/c1-15(2)21(16(3)4)24(23-14-12-18-5)22-13-10-8-7-9-11-20-17(25)19-6/h15-16H,7-14H2,1-4,6H3,(H2,19,20,25). The zero-order valence-corrected chi connectivity index (χ0v) is 18.1. The molecule has 0 fully saturated rings. The molecule has 0 aromatic carbocycles. The first-order valence-corrected chi connectivity index (χ1v) is 10.6. The Morgan fingerprint density at radius 1 is 1.08 bits per heavy atom. The fourth-order valence-electron chi connectivity index (χ4n) is 2.32. The molecule has 0 aromatic rings. The highest BCUT2D eigenvalue weighted by atomic mass is 32.1. The van der Waals surface area contributed by atoms with Crippen LogP contribution in [0.1, 0.15) is 53.4 Å². The summed E-state index contributed by atoms with van der Waals surface area (Å²) in [5.41, 5.74) is 0. The predicted octanol–water partition coefficient (Wildman–Crippen LogP) is 3.94. The van der Waals surface area contributed by atoms with E-state index in [1.165, 1.54) is 0 Å². The molecule has 0 aliphatic heterocycles. The number of hydrogen-bond donors (Lipinski definition) is 2. The Balaban J connectivity index is 4.09. The van der Waals surface area contributed by atoms with Gasteiger partial charge in [0, 0.05) is 25.7 Å². The maximum Gasteiger partial charge on any atom is 0.259 e. The molecule has 0 saturated carbocycles. The van der Waals surface area contributed by atoms with E-state index in [1.54, 1.807) is 0 Å². The van der Waals surface area contributed by atoms with E-state index < -0.39 is 8.53 Å². The van der Waals surface area contributed by atoms with Gasteiger partial charge in [-0.15, -0.1) is 0 Å². The average Bonchev–Trinajstić information content (AvgIpc) is 2.56. The van der Waals surface area contributed by atoms with Gasteiger partial charge in [-0.05, 0) is 52.8 Å². The van der Waals surface area contributed by atoms with Crippen LogP contribution in [0.3, 0.4) is 0 Å². The van der Waals surface area contributed by atoms with Crippen LogP contribution in [0, 0.1) is 6.57 Å². The molecule has 0 bridgehead atoms. The summed E-state index contributed by atoms with van der Waals surface area (Å²) in [7, 11) is 0.721. The van der Waals surface area contributed by atoms with Crippen LogP contribution in [0.5, 0.6) is 0 Å². The van der Waals surface area contributed by atoms with Gasteiger partial charge in [-0.1, -0.05) is 12.8 Å². The van der Waals surface area contributed by atoms with Gasteiger partial charge in [0.1, 0.15) is 6.61 Å². The fraction of sp³-hybridized carbons (Fsp3) is 0.882. The van der Waals surface area contributed by atoms with Crippen molar-refractivity contribution in [2.75, 3.05) is 33.4 Å². The predicted molar refractivity (Wildman–Crippen MR) is 111 cm³/mol. The van der Waals surface area contributed by atoms with E-state index in [9.17, 15) is 0 Å². The van der Waals surface area contributed by atoms with E-state index in [0.717, 1.165) is 32.2 Å². The van der Waals surface area contributed by atoms with Crippen molar-refractivity contribution in [1.29, 1.82) is 0 Å². The highest BCUT2D eigenvalue weighted by molar-refractivity contribution is 7.80. The molecule has 2 N–H and O–H groups in total. The second-order valence-corrected chi connectivity index (χ2v) is 8.14. The molecular weight excluding hydrogens is 355 g/mol. The minimum absolute atomic E-state index is 0.348. The van der Waals surface area contributed by atoms with E-state index >= 15 is 0 Å². The van der Waals surface area contributed by atoms with Gasteiger partial charge in [0.25, 0.3) is 8.53 Å². The summed E-state index contributed by atoms with van der Waals surface area (Å²) >= 11 is 5.04. The quantitative estimate of drug-likeness (QED) is 0.203. The van der Waals surface area contributed by atoms with Crippen LogP contribution in [0.2, 0.25) is 0 Å². The lowest BCUT2D eigenvalue weighted by molar-refractivity contribution is 0.176. The Hall–Kier alpha value is -0.510. The van der Waals surface area contributed by atoms with Gasteiger partial charge in [-0.25, -0.2) is 11.2 Å². The van der Waals surface area contributed by atoms with Gasteiger partial charge in [0.15, 0.2) is 5.11 Å². The van der Waals surface area contributed by atoms with Crippen molar-refractivity contribution in [2.45, 2.75) is 65.5 Å². The summed E-state index contributed by atoms with van der Waals surface area (Å²) in [5, 5.41) is 6.76. The van der Waals surface area contributed by atoms with Gasteiger partial charge < -0.3 is 24.5 Å². The van der Waals surface area contributed by atoms with Crippen molar-refractivity contribution in [3.63, 3.8) is 0 Å².